The third-order valence-electron chi connectivity index (χ3n) is 2.68. The van der Waals surface area contributed by atoms with Gasteiger partial charge in [-0.05, 0) is 31.2 Å². The molecule has 1 heterocycles. The fourth-order valence-electron chi connectivity index (χ4n) is 1.75. The summed E-state index contributed by atoms with van der Waals surface area (Å²) in [6.07, 6.45) is 4.07. The maximum atomic E-state index is 10.5. The van der Waals surface area contributed by atoms with E-state index in [9.17, 15) is 4.79 Å². The first-order chi connectivity index (χ1) is 9.19. The molecule has 19 heavy (non-hydrogen) atoms. The van der Waals surface area contributed by atoms with Crippen LogP contribution in [0.3, 0.4) is 0 Å². The van der Waals surface area contributed by atoms with Crippen LogP contribution in [0.25, 0.3) is 5.69 Å². The summed E-state index contributed by atoms with van der Waals surface area (Å²) in [5, 5.41) is 8.63. The summed E-state index contributed by atoms with van der Waals surface area (Å²) in [5.41, 5.74) is 1.74. The Balaban J connectivity index is 2.07. The molecular weight excluding hydrogens is 244 g/mol. The van der Waals surface area contributed by atoms with Gasteiger partial charge in [0.05, 0.1) is 25.0 Å². The number of hydrogen-bond acceptors (Lipinski definition) is 3. The quantitative estimate of drug-likeness (QED) is 0.865. The van der Waals surface area contributed by atoms with Crippen LogP contribution >= 0.6 is 0 Å². The van der Waals surface area contributed by atoms with Gasteiger partial charge in [0.2, 0.25) is 0 Å². The number of rotatable bonds is 6. The molecule has 1 N–H and O–H groups in total. The van der Waals surface area contributed by atoms with Gasteiger partial charge in [-0.2, -0.15) is 0 Å². The molecule has 0 aliphatic carbocycles. The molecule has 2 aromatic rings. The summed E-state index contributed by atoms with van der Waals surface area (Å²) >= 11 is 0. The number of benzene rings is 1. The van der Waals surface area contributed by atoms with Crippen LogP contribution in [-0.4, -0.2) is 27.2 Å². The molecule has 0 aliphatic rings. The molecule has 0 spiro atoms. The van der Waals surface area contributed by atoms with E-state index in [1.807, 2.05) is 42.0 Å². The van der Waals surface area contributed by atoms with Gasteiger partial charge in [-0.25, -0.2) is 4.98 Å². The van der Waals surface area contributed by atoms with Gasteiger partial charge in [0.25, 0.3) is 0 Å². The number of nitrogens with zero attached hydrogens (tertiary/aromatic N) is 2. The van der Waals surface area contributed by atoms with E-state index >= 15 is 0 Å². The average Bonchev–Trinajstić information content (AvgIpc) is 2.86. The first-order valence-electron chi connectivity index (χ1n) is 6.17. The zero-order chi connectivity index (χ0) is 13.7. The first kappa shape index (κ1) is 13.1. The van der Waals surface area contributed by atoms with E-state index in [-0.39, 0.29) is 6.42 Å². The van der Waals surface area contributed by atoms with Gasteiger partial charge in [-0.3, -0.25) is 4.79 Å². The van der Waals surface area contributed by atoms with Crippen LogP contribution in [0.4, 0.5) is 0 Å². The Morgan fingerprint density at radius 3 is 2.74 bits per heavy atom. The van der Waals surface area contributed by atoms with Crippen molar-refractivity contribution in [2.75, 3.05) is 6.61 Å². The van der Waals surface area contributed by atoms with E-state index in [0.717, 1.165) is 17.1 Å². The summed E-state index contributed by atoms with van der Waals surface area (Å²) in [7, 11) is 0. The molecule has 2 rings (SSSR count). The number of carboxylic acid groups (broad SMARTS) is 1. The van der Waals surface area contributed by atoms with Gasteiger partial charge in [-0.1, -0.05) is 0 Å². The van der Waals surface area contributed by atoms with Crippen LogP contribution in [0.15, 0.2) is 36.8 Å². The molecular formula is C14H16N2O3. The molecule has 0 fully saturated rings. The molecule has 1 aromatic carbocycles. The van der Waals surface area contributed by atoms with Crippen molar-refractivity contribution in [3.63, 3.8) is 0 Å². The molecule has 0 saturated heterocycles. The van der Waals surface area contributed by atoms with Crippen molar-refractivity contribution in [2.24, 2.45) is 0 Å². The molecule has 0 radical (unpaired) electrons. The second kappa shape index (κ2) is 6.04. The zero-order valence-electron chi connectivity index (χ0n) is 10.7. The fraction of sp³-hybridized carbons (Fsp3) is 0.286. The Morgan fingerprint density at radius 2 is 2.11 bits per heavy atom. The number of aromatic nitrogens is 2. The zero-order valence-corrected chi connectivity index (χ0v) is 10.7. The fourth-order valence-corrected chi connectivity index (χ4v) is 1.75. The minimum atomic E-state index is -0.810. The molecule has 0 saturated carbocycles. The van der Waals surface area contributed by atoms with Gasteiger partial charge >= 0.3 is 5.97 Å². The number of aliphatic carboxylic acids is 1. The third kappa shape index (κ3) is 3.58. The molecule has 0 bridgehead atoms. The smallest absolute Gasteiger partial charge is 0.303 e. The predicted molar refractivity (Wildman–Crippen MR) is 70.7 cm³/mol. The Hall–Kier alpha value is -2.30. The minimum Gasteiger partial charge on any atom is -0.494 e. The van der Waals surface area contributed by atoms with Crippen LogP contribution < -0.4 is 4.74 Å². The lowest BCUT2D eigenvalue weighted by Crippen LogP contribution is -1.97. The van der Waals surface area contributed by atoms with Gasteiger partial charge in [0, 0.05) is 18.3 Å². The van der Waals surface area contributed by atoms with Crippen LogP contribution in [0.1, 0.15) is 19.0 Å². The lowest BCUT2D eigenvalue weighted by Gasteiger charge is -2.05. The summed E-state index contributed by atoms with van der Waals surface area (Å²) in [4.78, 5) is 14.7. The standard InChI is InChI=1S/C14H16N2O3/c1-2-19-13-6-4-12(5-7-13)16-9-11(15-10-16)3-8-14(17)18/h4-7,9-10H,2-3,8H2,1H3,(H,17,18). The summed E-state index contributed by atoms with van der Waals surface area (Å²) in [6, 6.07) is 7.67. The Labute approximate surface area is 111 Å². The highest BCUT2D eigenvalue weighted by molar-refractivity contribution is 5.66. The number of hydrogen-bond donors (Lipinski definition) is 1. The Kier molecular flexibility index (Phi) is 4.18. The molecule has 0 aliphatic heterocycles. The summed E-state index contributed by atoms with van der Waals surface area (Å²) < 4.78 is 7.24. The normalized spacial score (nSPS) is 10.4. The van der Waals surface area contributed by atoms with E-state index < -0.39 is 5.97 Å². The average molecular weight is 260 g/mol. The largest absolute Gasteiger partial charge is 0.494 e. The van der Waals surface area contributed by atoms with Gasteiger partial charge in [-0.15, -0.1) is 0 Å². The number of aryl methyl sites for hydroxylation is 1. The summed E-state index contributed by atoms with van der Waals surface area (Å²) in [6.45, 7) is 2.59. The van der Waals surface area contributed by atoms with E-state index in [0.29, 0.717) is 13.0 Å². The van der Waals surface area contributed by atoms with Crippen molar-refractivity contribution in [3.8, 4) is 11.4 Å². The second-order valence-electron chi connectivity index (χ2n) is 4.09. The topological polar surface area (TPSA) is 64.4 Å². The first-order valence-corrected chi connectivity index (χ1v) is 6.17. The SMILES string of the molecule is CCOc1ccc(-n2cnc(CCC(=O)O)c2)cc1. The van der Waals surface area contributed by atoms with Crippen LogP contribution in [0.5, 0.6) is 5.75 Å². The van der Waals surface area contributed by atoms with Crippen LogP contribution in [0, 0.1) is 0 Å². The Bertz CT molecular complexity index is 546. The molecule has 0 amide bonds. The molecule has 100 valence electrons. The lowest BCUT2D eigenvalue weighted by molar-refractivity contribution is -0.136. The van der Waals surface area contributed by atoms with Crippen molar-refractivity contribution in [2.45, 2.75) is 19.8 Å². The van der Waals surface area contributed by atoms with E-state index in [2.05, 4.69) is 4.98 Å². The molecule has 1 aromatic heterocycles. The second-order valence-corrected chi connectivity index (χ2v) is 4.09. The van der Waals surface area contributed by atoms with Crippen molar-refractivity contribution in [1.29, 1.82) is 0 Å². The maximum absolute atomic E-state index is 10.5. The van der Waals surface area contributed by atoms with E-state index in [1.54, 1.807) is 6.33 Å². The van der Waals surface area contributed by atoms with Gasteiger partial charge < -0.3 is 14.4 Å². The lowest BCUT2D eigenvalue weighted by atomic mass is 10.2. The number of imidazole rings is 1. The minimum absolute atomic E-state index is 0.0975. The molecule has 5 heteroatoms. The van der Waals surface area contributed by atoms with Crippen molar-refractivity contribution in [1.82, 2.24) is 9.55 Å². The van der Waals surface area contributed by atoms with Gasteiger partial charge in [0.1, 0.15) is 5.75 Å². The predicted octanol–water partition coefficient (Wildman–Crippen LogP) is 2.29. The molecule has 5 nitrogen and oxygen atoms in total. The number of carboxylic acids is 1. The van der Waals surface area contributed by atoms with Crippen molar-refractivity contribution in [3.05, 3.63) is 42.5 Å². The van der Waals surface area contributed by atoms with Crippen molar-refractivity contribution < 1.29 is 14.6 Å². The van der Waals surface area contributed by atoms with Gasteiger partial charge in [0.15, 0.2) is 0 Å². The number of ether oxygens (including phenoxy) is 1. The monoisotopic (exact) mass is 260 g/mol. The number of carbonyl (C=O) groups is 1. The van der Waals surface area contributed by atoms with Crippen LogP contribution in [-0.2, 0) is 11.2 Å². The third-order valence-corrected chi connectivity index (χ3v) is 2.68. The highest BCUT2D eigenvalue weighted by Gasteiger charge is 2.04. The van der Waals surface area contributed by atoms with E-state index in [1.165, 1.54) is 0 Å². The maximum Gasteiger partial charge on any atom is 0.303 e. The molecule has 0 unspecified atom stereocenters. The highest BCUT2D eigenvalue weighted by atomic mass is 16.5. The summed E-state index contributed by atoms with van der Waals surface area (Å²) in [5.74, 6) is 0.0214. The van der Waals surface area contributed by atoms with Crippen LogP contribution in [0.2, 0.25) is 0 Å². The Morgan fingerprint density at radius 1 is 1.37 bits per heavy atom. The van der Waals surface area contributed by atoms with Crippen molar-refractivity contribution >= 4 is 5.97 Å². The molecule has 0 atom stereocenters. The highest BCUT2D eigenvalue weighted by Crippen LogP contribution is 2.15. The van der Waals surface area contributed by atoms with E-state index in [4.69, 9.17) is 9.84 Å².